The van der Waals surface area contributed by atoms with Gasteiger partial charge in [-0.3, -0.25) is 0 Å². The molecule has 122 valence electrons. The summed E-state index contributed by atoms with van der Waals surface area (Å²) in [6.07, 6.45) is 0. The third kappa shape index (κ3) is 5.19. The van der Waals surface area contributed by atoms with Crippen LogP contribution >= 0.6 is 0 Å². The molecule has 23 heavy (non-hydrogen) atoms. The number of hydrogen-bond acceptors (Lipinski definition) is 4. The molecule has 2 aromatic carbocycles. The monoisotopic (exact) mass is 333 g/mol. The molecule has 0 aliphatic carbocycles. The highest BCUT2D eigenvalue weighted by Crippen LogP contribution is 2.10. The van der Waals surface area contributed by atoms with Gasteiger partial charge in [0.2, 0.25) is 10.0 Å². The first kappa shape index (κ1) is 17.2. The van der Waals surface area contributed by atoms with Gasteiger partial charge in [0.05, 0.1) is 18.4 Å². The number of esters is 1. The molecule has 0 aliphatic heterocycles. The van der Waals surface area contributed by atoms with Gasteiger partial charge in [0.15, 0.2) is 0 Å². The average molecular weight is 333 g/mol. The lowest BCUT2D eigenvalue weighted by atomic mass is 10.1. The SMILES string of the molecule is COC(=O)c1ccc(CS(=O)(=O)NCc2ccc(C)cc2)cc1. The van der Waals surface area contributed by atoms with Crippen LogP contribution in [0.15, 0.2) is 48.5 Å². The molecule has 0 aromatic heterocycles. The number of rotatable bonds is 6. The second-order valence-electron chi connectivity index (χ2n) is 5.25. The molecule has 0 saturated carbocycles. The van der Waals surface area contributed by atoms with Crippen LogP contribution in [0.3, 0.4) is 0 Å². The first-order valence-corrected chi connectivity index (χ1v) is 8.75. The summed E-state index contributed by atoms with van der Waals surface area (Å²) >= 11 is 0. The molecule has 6 heteroatoms. The Hall–Kier alpha value is -2.18. The van der Waals surface area contributed by atoms with Crippen LogP contribution in [-0.2, 0) is 27.1 Å². The van der Waals surface area contributed by atoms with E-state index in [1.807, 2.05) is 31.2 Å². The smallest absolute Gasteiger partial charge is 0.337 e. The zero-order valence-corrected chi connectivity index (χ0v) is 13.9. The number of nitrogens with one attached hydrogen (secondary N) is 1. The topological polar surface area (TPSA) is 72.5 Å². The summed E-state index contributed by atoms with van der Waals surface area (Å²) in [6, 6.07) is 14.0. The standard InChI is InChI=1S/C17H19NO4S/c1-13-3-5-14(6-4-13)11-18-23(20,21)12-15-7-9-16(10-8-15)17(19)22-2/h3-10,18H,11-12H2,1-2H3. The average Bonchev–Trinajstić information content (AvgIpc) is 2.54. The maximum Gasteiger partial charge on any atom is 0.337 e. The van der Waals surface area contributed by atoms with Gasteiger partial charge in [-0.2, -0.15) is 0 Å². The summed E-state index contributed by atoms with van der Waals surface area (Å²) in [5.41, 5.74) is 3.03. The van der Waals surface area contributed by atoms with Crippen LogP contribution in [0.1, 0.15) is 27.0 Å². The van der Waals surface area contributed by atoms with Crippen molar-refractivity contribution in [3.8, 4) is 0 Å². The van der Waals surface area contributed by atoms with E-state index in [0.717, 1.165) is 11.1 Å². The van der Waals surface area contributed by atoms with Crippen LogP contribution in [0, 0.1) is 6.92 Å². The van der Waals surface area contributed by atoms with E-state index in [9.17, 15) is 13.2 Å². The maximum absolute atomic E-state index is 12.1. The summed E-state index contributed by atoms with van der Waals surface area (Å²) in [5.74, 6) is -0.586. The van der Waals surface area contributed by atoms with Crippen LogP contribution in [0.5, 0.6) is 0 Å². The number of ether oxygens (including phenoxy) is 1. The van der Waals surface area contributed by atoms with Crippen LogP contribution in [0.2, 0.25) is 0 Å². The van der Waals surface area contributed by atoms with Gasteiger partial charge in [0.1, 0.15) is 0 Å². The number of hydrogen-bond donors (Lipinski definition) is 1. The first-order chi connectivity index (χ1) is 10.9. The molecular weight excluding hydrogens is 314 g/mol. The van der Waals surface area contributed by atoms with Gasteiger partial charge in [-0.1, -0.05) is 42.0 Å². The zero-order chi connectivity index (χ0) is 16.9. The summed E-state index contributed by atoms with van der Waals surface area (Å²) < 4.78 is 31.4. The van der Waals surface area contributed by atoms with Crippen molar-refractivity contribution in [2.45, 2.75) is 19.2 Å². The number of aryl methyl sites for hydroxylation is 1. The highest BCUT2D eigenvalue weighted by Gasteiger charge is 2.12. The molecular formula is C17H19NO4S. The van der Waals surface area contributed by atoms with Crippen LogP contribution in [-0.4, -0.2) is 21.5 Å². The molecule has 0 bridgehead atoms. The molecule has 0 radical (unpaired) electrons. The van der Waals surface area contributed by atoms with E-state index in [4.69, 9.17) is 0 Å². The van der Waals surface area contributed by atoms with Crippen molar-refractivity contribution >= 4 is 16.0 Å². The number of benzene rings is 2. The van der Waals surface area contributed by atoms with Crippen molar-refractivity contribution in [2.24, 2.45) is 0 Å². The number of sulfonamides is 1. The van der Waals surface area contributed by atoms with Gasteiger partial charge in [-0.25, -0.2) is 17.9 Å². The Labute approximate surface area is 136 Å². The fourth-order valence-corrected chi connectivity index (χ4v) is 3.14. The predicted octanol–water partition coefficient (Wildman–Crippen LogP) is 2.40. The fraction of sp³-hybridized carbons (Fsp3) is 0.235. The highest BCUT2D eigenvalue weighted by atomic mass is 32.2. The van der Waals surface area contributed by atoms with Crippen molar-refractivity contribution < 1.29 is 17.9 Å². The molecule has 2 rings (SSSR count). The Balaban J connectivity index is 1.97. The molecule has 0 aliphatic rings. The van der Waals surface area contributed by atoms with Gasteiger partial charge in [-0.15, -0.1) is 0 Å². The van der Waals surface area contributed by atoms with Crippen molar-refractivity contribution in [1.29, 1.82) is 0 Å². The lowest BCUT2D eigenvalue weighted by molar-refractivity contribution is 0.0600. The largest absolute Gasteiger partial charge is 0.465 e. The fourth-order valence-electron chi connectivity index (χ4n) is 2.02. The van der Waals surface area contributed by atoms with Gasteiger partial charge < -0.3 is 4.74 Å². The molecule has 2 aromatic rings. The van der Waals surface area contributed by atoms with Crippen molar-refractivity contribution in [3.63, 3.8) is 0 Å². The van der Waals surface area contributed by atoms with E-state index < -0.39 is 16.0 Å². The quantitative estimate of drug-likeness (QED) is 0.824. The van der Waals surface area contributed by atoms with E-state index in [1.54, 1.807) is 24.3 Å². The minimum absolute atomic E-state index is 0.139. The normalized spacial score (nSPS) is 11.2. The number of carbonyl (C=O) groups excluding carboxylic acids is 1. The lowest BCUT2D eigenvalue weighted by Gasteiger charge is -2.08. The molecule has 0 heterocycles. The number of carbonyl (C=O) groups is 1. The second kappa shape index (κ2) is 7.39. The molecule has 0 unspecified atom stereocenters. The van der Waals surface area contributed by atoms with Crippen molar-refractivity contribution in [1.82, 2.24) is 4.72 Å². The van der Waals surface area contributed by atoms with E-state index in [0.29, 0.717) is 11.1 Å². The summed E-state index contributed by atoms with van der Waals surface area (Å²) in [5, 5.41) is 0. The van der Waals surface area contributed by atoms with Crippen LogP contribution in [0.25, 0.3) is 0 Å². The summed E-state index contributed by atoms with van der Waals surface area (Å²) in [4.78, 5) is 11.3. The van der Waals surface area contributed by atoms with Gasteiger partial charge in [0, 0.05) is 6.54 Å². The maximum atomic E-state index is 12.1. The molecule has 1 N–H and O–H groups in total. The third-order valence-corrected chi connectivity index (χ3v) is 4.65. The number of methoxy groups -OCH3 is 1. The molecule has 0 spiro atoms. The van der Waals surface area contributed by atoms with Crippen LogP contribution < -0.4 is 4.72 Å². The first-order valence-electron chi connectivity index (χ1n) is 7.10. The Morgan fingerprint density at radius 1 is 1.00 bits per heavy atom. The minimum atomic E-state index is -3.45. The Bertz CT molecular complexity index is 765. The summed E-state index contributed by atoms with van der Waals surface area (Å²) in [6.45, 7) is 2.23. The highest BCUT2D eigenvalue weighted by molar-refractivity contribution is 7.88. The van der Waals surface area contributed by atoms with E-state index in [1.165, 1.54) is 7.11 Å². The molecule has 0 amide bonds. The van der Waals surface area contributed by atoms with Crippen LogP contribution in [0.4, 0.5) is 0 Å². The molecule has 0 atom stereocenters. The van der Waals surface area contributed by atoms with Gasteiger partial charge >= 0.3 is 5.97 Å². The molecule has 0 fully saturated rings. The second-order valence-corrected chi connectivity index (χ2v) is 7.06. The van der Waals surface area contributed by atoms with Gasteiger partial charge in [-0.05, 0) is 30.2 Å². The van der Waals surface area contributed by atoms with E-state index >= 15 is 0 Å². The summed E-state index contributed by atoms with van der Waals surface area (Å²) in [7, 11) is -2.15. The molecule has 0 saturated heterocycles. The third-order valence-electron chi connectivity index (χ3n) is 3.35. The lowest BCUT2D eigenvalue weighted by Crippen LogP contribution is -2.24. The van der Waals surface area contributed by atoms with Crippen molar-refractivity contribution in [2.75, 3.05) is 7.11 Å². The van der Waals surface area contributed by atoms with Gasteiger partial charge in [0.25, 0.3) is 0 Å². The Morgan fingerprint density at radius 3 is 2.13 bits per heavy atom. The van der Waals surface area contributed by atoms with E-state index in [2.05, 4.69) is 9.46 Å². The predicted molar refractivity (Wildman–Crippen MR) is 88.4 cm³/mol. The minimum Gasteiger partial charge on any atom is -0.465 e. The zero-order valence-electron chi connectivity index (χ0n) is 13.1. The van der Waals surface area contributed by atoms with Crippen molar-refractivity contribution in [3.05, 3.63) is 70.8 Å². The molecule has 5 nitrogen and oxygen atoms in total. The Kier molecular flexibility index (Phi) is 5.52. The Morgan fingerprint density at radius 2 is 1.57 bits per heavy atom. The van der Waals surface area contributed by atoms with E-state index in [-0.39, 0.29) is 12.3 Å².